The molecule has 179 valence electrons. The Bertz CT molecular complexity index is 544. The van der Waals surface area contributed by atoms with Crippen molar-refractivity contribution < 1.29 is 18.7 Å². The fraction of sp³-hybridized carbons (Fsp3) is 0.760. The smallest absolute Gasteiger partial charge is 0.366 e. The molecule has 0 spiro atoms. The van der Waals surface area contributed by atoms with Gasteiger partial charge in [-0.3, -0.25) is 9.42 Å². The monoisotopic (exact) mass is 471 g/mol. The predicted molar refractivity (Wildman–Crippen MR) is 134 cm³/mol. The average molecular weight is 472 g/mol. The number of hydrogen-bond acceptors (Lipinski definition) is 4. The summed E-state index contributed by atoms with van der Waals surface area (Å²) in [6.07, 6.45) is 14.9. The van der Waals surface area contributed by atoms with Gasteiger partial charge in [0.25, 0.3) is 0 Å². The summed E-state index contributed by atoms with van der Waals surface area (Å²) in [7, 11) is -2.50. The minimum atomic E-state index is -2.50. The van der Waals surface area contributed by atoms with Gasteiger partial charge >= 0.3 is 8.25 Å². The van der Waals surface area contributed by atoms with E-state index < -0.39 is 8.25 Å². The van der Waals surface area contributed by atoms with E-state index in [1.54, 1.807) is 0 Å². The van der Waals surface area contributed by atoms with Gasteiger partial charge in [-0.2, -0.15) is 11.8 Å². The molecule has 0 saturated heterocycles. The van der Waals surface area contributed by atoms with Crippen LogP contribution in [0.15, 0.2) is 30.3 Å². The van der Waals surface area contributed by atoms with Gasteiger partial charge < -0.3 is 4.74 Å². The molecule has 0 aliphatic carbocycles. The summed E-state index contributed by atoms with van der Waals surface area (Å²) in [6.45, 7) is 5.29. The molecule has 0 fully saturated rings. The summed E-state index contributed by atoms with van der Waals surface area (Å²) in [4.78, 5) is 8.68. The molecule has 4 nitrogen and oxygen atoms in total. The van der Waals surface area contributed by atoms with E-state index in [9.17, 15) is 4.57 Å². The Morgan fingerprint density at radius 3 is 2.39 bits per heavy atom. The molecular formula is C25H44O4PS. The third-order valence-electron chi connectivity index (χ3n) is 5.52. The Kier molecular flexibility index (Phi) is 18.6. The van der Waals surface area contributed by atoms with Gasteiger partial charge in [0.1, 0.15) is 0 Å². The molecule has 0 heterocycles. The van der Waals surface area contributed by atoms with Crippen LogP contribution >= 0.6 is 20.0 Å². The highest BCUT2D eigenvalue weighted by Crippen LogP contribution is 2.25. The quantitative estimate of drug-likeness (QED) is 0.147. The summed E-state index contributed by atoms with van der Waals surface area (Å²) in [5, 5.41) is 0.529. The summed E-state index contributed by atoms with van der Waals surface area (Å²) in [5.41, 5.74) is 1.45. The number of benzene rings is 1. The van der Waals surface area contributed by atoms with Crippen LogP contribution in [0.5, 0.6) is 0 Å². The second-order valence-electron chi connectivity index (χ2n) is 8.26. The fourth-order valence-corrected chi connectivity index (χ4v) is 5.29. The van der Waals surface area contributed by atoms with E-state index in [2.05, 4.69) is 55.9 Å². The van der Waals surface area contributed by atoms with Gasteiger partial charge in [0, 0.05) is 11.9 Å². The molecule has 0 aromatic heterocycles. The van der Waals surface area contributed by atoms with Crippen molar-refractivity contribution in [1.82, 2.24) is 0 Å². The first kappa shape index (κ1) is 28.6. The van der Waals surface area contributed by atoms with Crippen LogP contribution in [0.2, 0.25) is 0 Å². The first-order chi connectivity index (χ1) is 15.1. The third kappa shape index (κ3) is 16.8. The van der Waals surface area contributed by atoms with Gasteiger partial charge in [-0.25, -0.2) is 4.57 Å². The zero-order chi connectivity index (χ0) is 22.6. The van der Waals surface area contributed by atoms with Crippen LogP contribution in [0.3, 0.4) is 0 Å². The standard InChI is InChI=1S/C25H44O4PS/c1-3-4-5-6-13-19-25(23(2)28-20-15-21-29-30(26)27)31-22-14-8-7-10-16-24-17-11-9-12-18-24/h9,11-12,17-18,23,25H,3-8,10,13-16,19-22H2,1-2H3,(H,26,27)/t23?,25-/m0/s1. The minimum absolute atomic E-state index is 0.206. The van der Waals surface area contributed by atoms with E-state index >= 15 is 0 Å². The zero-order valence-corrected chi connectivity index (χ0v) is 21.4. The lowest BCUT2D eigenvalue weighted by atomic mass is 10.1. The van der Waals surface area contributed by atoms with Crippen LogP contribution in [0.25, 0.3) is 0 Å². The van der Waals surface area contributed by atoms with Gasteiger partial charge in [-0.15, -0.1) is 0 Å². The summed E-state index contributed by atoms with van der Waals surface area (Å²) >= 11 is 2.07. The van der Waals surface area contributed by atoms with E-state index in [-0.39, 0.29) is 12.7 Å². The molecule has 1 radical (unpaired) electrons. The molecule has 0 bridgehead atoms. The molecule has 0 aliphatic rings. The highest BCUT2D eigenvalue weighted by atomic mass is 32.2. The van der Waals surface area contributed by atoms with Crippen LogP contribution < -0.4 is 0 Å². The highest BCUT2D eigenvalue weighted by molar-refractivity contribution is 7.99. The van der Waals surface area contributed by atoms with Crippen molar-refractivity contribution in [3.63, 3.8) is 0 Å². The van der Waals surface area contributed by atoms with Crippen molar-refractivity contribution in [2.24, 2.45) is 0 Å². The average Bonchev–Trinajstić information content (AvgIpc) is 2.77. The highest BCUT2D eigenvalue weighted by Gasteiger charge is 2.18. The van der Waals surface area contributed by atoms with Crippen LogP contribution in [-0.4, -0.2) is 35.2 Å². The van der Waals surface area contributed by atoms with Crippen molar-refractivity contribution >= 4 is 20.0 Å². The van der Waals surface area contributed by atoms with Crippen LogP contribution in [0.4, 0.5) is 0 Å². The van der Waals surface area contributed by atoms with Crippen molar-refractivity contribution in [2.45, 2.75) is 102 Å². The lowest BCUT2D eigenvalue weighted by molar-refractivity contribution is 0.0543. The SMILES string of the molecule is CCCCCCC[C@H](SCCCCCCc1ccccc1)C(C)OCCCO[P](=O)O. The number of hydrogen-bond donors (Lipinski definition) is 1. The fourth-order valence-electron chi connectivity index (χ4n) is 3.64. The first-order valence-electron chi connectivity index (χ1n) is 12.2. The maximum Gasteiger partial charge on any atom is 0.366 e. The molecule has 6 heteroatoms. The zero-order valence-electron chi connectivity index (χ0n) is 19.7. The van der Waals surface area contributed by atoms with E-state index in [4.69, 9.17) is 14.2 Å². The third-order valence-corrected chi connectivity index (χ3v) is 7.50. The van der Waals surface area contributed by atoms with Gasteiger partial charge in [0.05, 0.1) is 12.7 Å². The van der Waals surface area contributed by atoms with E-state index in [0.717, 1.165) is 0 Å². The van der Waals surface area contributed by atoms with Crippen molar-refractivity contribution in [3.05, 3.63) is 35.9 Å². The van der Waals surface area contributed by atoms with E-state index in [1.807, 2.05) is 0 Å². The Morgan fingerprint density at radius 1 is 0.935 bits per heavy atom. The molecule has 3 atom stereocenters. The molecule has 31 heavy (non-hydrogen) atoms. The van der Waals surface area contributed by atoms with E-state index in [0.29, 0.717) is 18.3 Å². The normalized spacial score (nSPS) is 13.8. The molecule has 2 unspecified atom stereocenters. The molecule has 0 amide bonds. The maximum absolute atomic E-state index is 10.6. The Balaban J connectivity index is 2.21. The van der Waals surface area contributed by atoms with Crippen molar-refractivity contribution in [3.8, 4) is 0 Å². The van der Waals surface area contributed by atoms with Crippen LogP contribution in [0.1, 0.15) is 90.0 Å². The van der Waals surface area contributed by atoms with Gasteiger partial charge in [0.15, 0.2) is 0 Å². The number of ether oxygens (including phenoxy) is 1. The Morgan fingerprint density at radius 2 is 1.65 bits per heavy atom. The number of thioether (sulfide) groups is 1. The number of rotatable bonds is 21. The van der Waals surface area contributed by atoms with Gasteiger partial charge in [-0.05, 0) is 50.3 Å². The molecule has 1 aromatic carbocycles. The summed E-state index contributed by atoms with van der Waals surface area (Å²) < 4.78 is 21.3. The van der Waals surface area contributed by atoms with Crippen LogP contribution in [0, 0.1) is 0 Å². The molecule has 1 rings (SSSR count). The molecule has 1 aromatic rings. The maximum atomic E-state index is 10.6. The molecule has 0 saturated carbocycles. The van der Waals surface area contributed by atoms with Gasteiger partial charge in [0.2, 0.25) is 0 Å². The van der Waals surface area contributed by atoms with Crippen molar-refractivity contribution in [1.29, 1.82) is 0 Å². The lowest BCUT2D eigenvalue weighted by Crippen LogP contribution is -2.24. The van der Waals surface area contributed by atoms with Gasteiger partial charge in [-0.1, -0.05) is 82.2 Å². The predicted octanol–water partition coefficient (Wildman–Crippen LogP) is 7.71. The van der Waals surface area contributed by atoms with Crippen LogP contribution in [-0.2, 0) is 20.2 Å². The Hall–Kier alpha value is -0.450. The molecular weight excluding hydrogens is 427 g/mol. The van der Waals surface area contributed by atoms with Crippen molar-refractivity contribution in [2.75, 3.05) is 19.0 Å². The lowest BCUT2D eigenvalue weighted by Gasteiger charge is -2.24. The molecule has 0 aliphatic heterocycles. The summed E-state index contributed by atoms with van der Waals surface area (Å²) in [5.74, 6) is 1.20. The summed E-state index contributed by atoms with van der Waals surface area (Å²) in [6, 6.07) is 10.8. The minimum Gasteiger partial charge on any atom is -0.377 e. The first-order valence-corrected chi connectivity index (χ1v) is 14.4. The second kappa shape index (κ2) is 20.2. The Labute approximate surface area is 195 Å². The second-order valence-corrected chi connectivity index (χ2v) is 10.3. The number of unbranched alkanes of at least 4 members (excludes halogenated alkanes) is 7. The largest absolute Gasteiger partial charge is 0.377 e. The van der Waals surface area contributed by atoms with E-state index in [1.165, 1.54) is 81.9 Å². The topological polar surface area (TPSA) is 55.8 Å². The molecule has 1 N–H and O–H groups in total. The number of aryl methyl sites for hydroxylation is 1.